The molecule has 148 valence electrons. The van der Waals surface area contributed by atoms with Gasteiger partial charge in [0.1, 0.15) is 12.3 Å². The van der Waals surface area contributed by atoms with Crippen molar-refractivity contribution in [1.29, 1.82) is 0 Å². The predicted octanol–water partition coefficient (Wildman–Crippen LogP) is 1.83. The maximum absolute atomic E-state index is 11.7. The normalized spacial score (nSPS) is 10.7. The van der Waals surface area contributed by atoms with Crippen LogP contribution in [0.5, 0.6) is 5.75 Å². The maximum Gasteiger partial charge on any atom is 0.241 e. The smallest absolute Gasteiger partial charge is 0.241 e. The molecule has 0 saturated heterocycles. The minimum Gasteiger partial charge on any atom is -0.497 e. The van der Waals surface area contributed by atoms with E-state index in [1.165, 1.54) is 0 Å². The van der Waals surface area contributed by atoms with Crippen LogP contribution in [0.1, 0.15) is 12.5 Å². The number of benzene rings is 1. The van der Waals surface area contributed by atoms with E-state index in [2.05, 4.69) is 20.9 Å². The summed E-state index contributed by atoms with van der Waals surface area (Å²) < 4.78 is 10.0. The number of hydrogen-bond donors (Lipinski definition) is 3. The Hall–Kier alpha value is -1.26. The highest BCUT2D eigenvalue weighted by Crippen LogP contribution is 2.22. The molecule has 3 N–H and O–H groups in total. The van der Waals surface area contributed by atoms with Gasteiger partial charge in [0.25, 0.3) is 0 Å². The molecule has 9 heteroatoms. The lowest BCUT2D eigenvalue weighted by Gasteiger charge is -2.12. The van der Waals surface area contributed by atoms with E-state index >= 15 is 0 Å². The van der Waals surface area contributed by atoms with E-state index in [9.17, 15) is 4.79 Å². The fourth-order valence-corrected chi connectivity index (χ4v) is 2.28. The van der Waals surface area contributed by atoms with Crippen molar-refractivity contribution < 1.29 is 14.3 Å². The molecule has 0 atom stereocenters. The molecule has 1 aromatic carbocycles. The van der Waals surface area contributed by atoms with Crippen LogP contribution in [0.25, 0.3) is 0 Å². The zero-order valence-electron chi connectivity index (χ0n) is 15.4. The minimum atomic E-state index is -0.146. The maximum atomic E-state index is 11.7. The molecule has 0 spiro atoms. The molecule has 0 aliphatic rings. The summed E-state index contributed by atoms with van der Waals surface area (Å²) in [7, 11) is 3.20. The van der Waals surface area contributed by atoms with Gasteiger partial charge in [0.15, 0.2) is 5.96 Å². The lowest BCUT2D eigenvalue weighted by Crippen LogP contribution is -2.39. The summed E-state index contributed by atoms with van der Waals surface area (Å²) >= 11 is 6.23. The van der Waals surface area contributed by atoms with Crippen molar-refractivity contribution in [2.24, 2.45) is 4.99 Å². The van der Waals surface area contributed by atoms with Gasteiger partial charge < -0.3 is 25.4 Å². The Morgan fingerprint density at radius 2 is 1.96 bits per heavy atom. The highest BCUT2D eigenvalue weighted by molar-refractivity contribution is 14.0. The average molecular weight is 499 g/mol. The van der Waals surface area contributed by atoms with Gasteiger partial charge in [-0.15, -0.1) is 24.0 Å². The van der Waals surface area contributed by atoms with Crippen LogP contribution in [-0.2, 0) is 16.0 Å². The molecular weight excluding hydrogens is 471 g/mol. The van der Waals surface area contributed by atoms with Crippen LogP contribution in [-0.4, -0.2) is 58.9 Å². The molecule has 1 aromatic rings. The van der Waals surface area contributed by atoms with Gasteiger partial charge in [-0.05, 0) is 31.0 Å². The molecule has 0 saturated carbocycles. The van der Waals surface area contributed by atoms with Crippen LogP contribution in [0.2, 0.25) is 5.02 Å². The van der Waals surface area contributed by atoms with Gasteiger partial charge in [-0.3, -0.25) is 4.79 Å². The van der Waals surface area contributed by atoms with Crippen LogP contribution in [0.4, 0.5) is 0 Å². The summed E-state index contributed by atoms with van der Waals surface area (Å²) in [5.74, 6) is 1.18. The van der Waals surface area contributed by atoms with Crippen molar-refractivity contribution in [3.8, 4) is 5.75 Å². The van der Waals surface area contributed by atoms with E-state index in [1.807, 2.05) is 19.1 Å². The third-order valence-electron chi connectivity index (χ3n) is 3.30. The lowest BCUT2D eigenvalue weighted by molar-refractivity contribution is -0.119. The van der Waals surface area contributed by atoms with Crippen LogP contribution in [0.3, 0.4) is 0 Å². The Labute approximate surface area is 177 Å². The number of nitrogens with one attached hydrogen (secondary N) is 3. The molecule has 0 radical (unpaired) electrons. The molecule has 0 aliphatic carbocycles. The second-order valence-electron chi connectivity index (χ2n) is 5.17. The number of carbonyl (C=O) groups excluding carboxylic acids is 1. The monoisotopic (exact) mass is 498 g/mol. The minimum absolute atomic E-state index is 0. The summed E-state index contributed by atoms with van der Waals surface area (Å²) in [6, 6.07) is 5.61. The Morgan fingerprint density at radius 3 is 2.58 bits per heavy atom. The first kappa shape index (κ1) is 24.7. The van der Waals surface area contributed by atoms with Gasteiger partial charge in [-0.25, -0.2) is 4.99 Å². The van der Waals surface area contributed by atoms with Gasteiger partial charge in [0, 0.05) is 31.8 Å². The number of rotatable bonds is 10. The van der Waals surface area contributed by atoms with Crippen molar-refractivity contribution in [2.45, 2.75) is 13.3 Å². The van der Waals surface area contributed by atoms with Gasteiger partial charge in [0.05, 0.1) is 13.7 Å². The van der Waals surface area contributed by atoms with Crippen molar-refractivity contribution in [3.05, 3.63) is 28.8 Å². The van der Waals surface area contributed by atoms with E-state index in [-0.39, 0.29) is 36.4 Å². The fraction of sp³-hybridized carbons (Fsp3) is 0.529. The molecule has 0 unspecified atom stereocenters. The average Bonchev–Trinajstić information content (AvgIpc) is 2.61. The van der Waals surface area contributed by atoms with Crippen LogP contribution in [0.15, 0.2) is 23.2 Å². The number of carbonyl (C=O) groups is 1. The van der Waals surface area contributed by atoms with Gasteiger partial charge in [0.2, 0.25) is 5.91 Å². The molecule has 0 aliphatic heterocycles. The number of hydrogen-bond acceptors (Lipinski definition) is 4. The second kappa shape index (κ2) is 14.9. The van der Waals surface area contributed by atoms with E-state index in [1.54, 1.807) is 20.3 Å². The van der Waals surface area contributed by atoms with Crippen molar-refractivity contribution >= 4 is 47.4 Å². The molecule has 1 amide bonds. The number of aliphatic imine (C=N–C) groups is 1. The number of amides is 1. The van der Waals surface area contributed by atoms with Gasteiger partial charge >= 0.3 is 0 Å². The summed E-state index contributed by atoms with van der Waals surface area (Å²) in [6.07, 6.45) is 0.729. The lowest BCUT2D eigenvalue weighted by atomic mass is 10.1. The van der Waals surface area contributed by atoms with Crippen LogP contribution >= 0.6 is 35.6 Å². The van der Waals surface area contributed by atoms with E-state index in [4.69, 9.17) is 21.1 Å². The molecule has 0 fully saturated rings. The third kappa shape index (κ3) is 10.0. The molecule has 0 bridgehead atoms. The first-order valence-electron chi connectivity index (χ1n) is 8.21. The highest BCUT2D eigenvalue weighted by atomic mass is 127. The topological polar surface area (TPSA) is 84.0 Å². The molecule has 0 aromatic heterocycles. The SMILES string of the molecule is CCNC(=NCC(=O)NCCOC)NCCc1ccc(OC)cc1Cl.I. The largest absolute Gasteiger partial charge is 0.497 e. The van der Waals surface area contributed by atoms with Gasteiger partial charge in [-0.1, -0.05) is 17.7 Å². The molecule has 0 heterocycles. The Morgan fingerprint density at radius 1 is 1.19 bits per heavy atom. The number of methoxy groups -OCH3 is 2. The Kier molecular flexibility index (Phi) is 14.1. The number of ether oxygens (including phenoxy) is 2. The predicted molar refractivity (Wildman–Crippen MR) is 116 cm³/mol. The van der Waals surface area contributed by atoms with Crippen LogP contribution < -0.4 is 20.7 Å². The summed E-state index contributed by atoms with van der Waals surface area (Å²) in [4.78, 5) is 15.9. The van der Waals surface area contributed by atoms with E-state index in [0.29, 0.717) is 37.2 Å². The zero-order valence-corrected chi connectivity index (χ0v) is 18.5. The Balaban J connectivity index is 0.00000625. The fourth-order valence-electron chi connectivity index (χ4n) is 2.01. The first-order valence-corrected chi connectivity index (χ1v) is 8.58. The zero-order chi connectivity index (χ0) is 18.5. The van der Waals surface area contributed by atoms with Crippen molar-refractivity contribution in [3.63, 3.8) is 0 Å². The summed E-state index contributed by atoms with van der Waals surface area (Å²) in [5.41, 5.74) is 1.02. The standard InChI is InChI=1S/C17H27ClN4O3.HI/c1-4-19-17(22-12-16(23)20-9-10-24-2)21-8-7-13-5-6-14(25-3)11-15(13)18;/h5-6,11H,4,7-10,12H2,1-3H3,(H,20,23)(H2,19,21,22);1H. The highest BCUT2D eigenvalue weighted by Gasteiger charge is 2.04. The third-order valence-corrected chi connectivity index (χ3v) is 3.65. The molecule has 26 heavy (non-hydrogen) atoms. The number of guanidine groups is 1. The van der Waals surface area contributed by atoms with Crippen molar-refractivity contribution in [1.82, 2.24) is 16.0 Å². The summed E-state index contributed by atoms with van der Waals surface area (Å²) in [5, 5.41) is 9.69. The summed E-state index contributed by atoms with van der Waals surface area (Å²) in [6.45, 7) is 4.34. The number of nitrogens with zero attached hydrogens (tertiary/aromatic N) is 1. The molecular formula is C17H28ClIN4O3. The second-order valence-corrected chi connectivity index (χ2v) is 5.58. The molecule has 1 rings (SSSR count). The first-order chi connectivity index (χ1) is 12.1. The van der Waals surface area contributed by atoms with E-state index in [0.717, 1.165) is 17.7 Å². The molecule has 7 nitrogen and oxygen atoms in total. The van der Waals surface area contributed by atoms with E-state index < -0.39 is 0 Å². The number of halogens is 2. The Bertz CT molecular complexity index is 573. The van der Waals surface area contributed by atoms with Gasteiger partial charge in [-0.2, -0.15) is 0 Å². The quantitative estimate of drug-likeness (QED) is 0.198. The van der Waals surface area contributed by atoms with Crippen LogP contribution in [0, 0.1) is 0 Å². The van der Waals surface area contributed by atoms with Crippen molar-refractivity contribution in [2.75, 3.05) is 47.0 Å².